The molecule has 0 unspecified atom stereocenters. The van der Waals surface area contributed by atoms with Crippen LogP contribution in [0.2, 0.25) is 0 Å². The van der Waals surface area contributed by atoms with Crippen LogP contribution in [0.4, 0.5) is 5.69 Å². The molecule has 0 bridgehead atoms. The van der Waals surface area contributed by atoms with Gasteiger partial charge in [-0.25, -0.2) is 0 Å². The lowest BCUT2D eigenvalue weighted by Crippen LogP contribution is -2.25. The third-order valence-electron chi connectivity index (χ3n) is 7.08. The summed E-state index contributed by atoms with van der Waals surface area (Å²) >= 11 is 0. The molecule has 1 aromatic heterocycles. The Morgan fingerprint density at radius 2 is 1.37 bits per heavy atom. The Balaban J connectivity index is 1.53. The predicted molar refractivity (Wildman–Crippen MR) is 158 cm³/mol. The molecule has 6 rings (SSSR count). The summed E-state index contributed by atoms with van der Waals surface area (Å²) in [5.74, 6) is 0.758. The van der Waals surface area contributed by atoms with Crippen molar-refractivity contribution in [2.75, 3.05) is 19.0 Å². The Bertz CT molecular complexity index is 1690. The van der Waals surface area contributed by atoms with Gasteiger partial charge in [0, 0.05) is 22.9 Å². The molecular weight excluding hydrogens is 468 g/mol. The van der Waals surface area contributed by atoms with Crippen LogP contribution >= 0.6 is 0 Å². The van der Waals surface area contributed by atoms with Gasteiger partial charge >= 0.3 is 0 Å². The van der Waals surface area contributed by atoms with Gasteiger partial charge in [-0.05, 0) is 28.6 Å². The minimum Gasteiger partial charge on any atom is -0.495 e. The number of ether oxygens (including phenoxy) is 1. The van der Waals surface area contributed by atoms with Crippen molar-refractivity contribution in [1.29, 1.82) is 0 Å². The van der Waals surface area contributed by atoms with Crippen molar-refractivity contribution in [3.63, 3.8) is 0 Å². The third-order valence-corrected chi connectivity index (χ3v) is 7.08. The molecule has 188 valence electrons. The number of hydrogen-bond donors (Lipinski definition) is 2. The van der Waals surface area contributed by atoms with E-state index in [4.69, 9.17) is 4.74 Å². The largest absolute Gasteiger partial charge is 0.495 e. The SMILES string of the molecule is COc1ccccc1NC[C@@H](O)Cn1c(-c2ccccc2)c(-c2ccccc2)c2ccc3ccccc3c21. The first-order valence-electron chi connectivity index (χ1n) is 12.9. The van der Waals surface area contributed by atoms with Crippen LogP contribution in [0.25, 0.3) is 44.1 Å². The Morgan fingerprint density at radius 3 is 2.13 bits per heavy atom. The monoisotopic (exact) mass is 498 g/mol. The van der Waals surface area contributed by atoms with E-state index in [1.807, 2.05) is 36.4 Å². The van der Waals surface area contributed by atoms with Crippen LogP contribution in [0.3, 0.4) is 0 Å². The number of fused-ring (bicyclic) bond motifs is 3. The lowest BCUT2D eigenvalue weighted by molar-refractivity contribution is 0.169. The van der Waals surface area contributed by atoms with Crippen molar-refractivity contribution in [2.24, 2.45) is 0 Å². The zero-order valence-corrected chi connectivity index (χ0v) is 21.3. The Hall–Kier alpha value is -4.54. The summed E-state index contributed by atoms with van der Waals surface area (Å²) in [6.07, 6.45) is -0.638. The summed E-state index contributed by atoms with van der Waals surface area (Å²) in [5, 5.41) is 18.3. The highest BCUT2D eigenvalue weighted by atomic mass is 16.5. The molecule has 0 aliphatic heterocycles. The standard InChI is InChI=1S/C34H30N2O2/c1-38-31-19-11-10-18-30(31)35-22-27(37)23-36-33(26-15-6-3-7-16-26)32(25-13-4-2-5-14-25)29-21-20-24-12-8-9-17-28(24)34(29)36/h2-21,27,35,37H,22-23H2,1H3/t27-/m1/s1. The highest BCUT2D eigenvalue weighted by Crippen LogP contribution is 2.43. The molecule has 0 amide bonds. The van der Waals surface area contributed by atoms with E-state index in [0.717, 1.165) is 33.8 Å². The number of nitrogens with zero attached hydrogens (tertiary/aromatic N) is 1. The second-order valence-electron chi connectivity index (χ2n) is 9.48. The maximum atomic E-state index is 11.4. The lowest BCUT2D eigenvalue weighted by Gasteiger charge is -2.19. The Kier molecular flexibility index (Phi) is 6.55. The van der Waals surface area contributed by atoms with Crippen LogP contribution in [-0.4, -0.2) is 29.4 Å². The number of methoxy groups -OCH3 is 1. The number of aromatic nitrogens is 1. The van der Waals surface area contributed by atoms with Gasteiger partial charge in [0.1, 0.15) is 5.75 Å². The molecule has 0 saturated heterocycles. The van der Waals surface area contributed by atoms with Gasteiger partial charge in [-0.15, -0.1) is 0 Å². The van der Waals surface area contributed by atoms with E-state index in [1.165, 1.54) is 21.7 Å². The minimum atomic E-state index is -0.638. The van der Waals surface area contributed by atoms with Gasteiger partial charge in [-0.2, -0.15) is 0 Å². The number of hydrogen-bond acceptors (Lipinski definition) is 3. The normalized spacial score (nSPS) is 12.1. The molecule has 0 aliphatic carbocycles. The van der Waals surface area contributed by atoms with Gasteiger partial charge in [0.25, 0.3) is 0 Å². The number of rotatable bonds is 8. The van der Waals surface area contributed by atoms with Gasteiger partial charge in [0.05, 0.1) is 36.7 Å². The summed E-state index contributed by atoms with van der Waals surface area (Å²) < 4.78 is 7.79. The van der Waals surface area contributed by atoms with Crippen molar-refractivity contribution in [3.05, 3.63) is 121 Å². The molecular formula is C34H30N2O2. The highest BCUT2D eigenvalue weighted by Gasteiger charge is 2.23. The molecule has 0 saturated carbocycles. The zero-order valence-electron chi connectivity index (χ0n) is 21.3. The van der Waals surface area contributed by atoms with E-state index in [9.17, 15) is 5.11 Å². The number of para-hydroxylation sites is 2. The lowest BCUT2D eigenvalue weighted by atomic mass is 9.97. The quantitative estimate of drug-likeness (QED) is 0.227. The average Bonchev–Trinajstić information content (AvgIpc) is 3.31. The molecule has 0 spiro atoms. The Morgan fingerprint density at radius 1 is 0.711 bits per heavy atom. The molecule has 0 radical (unpaired) electrons. The van der Waals surface area contributed by atoms with Crippen molar-refractivity contribution < 1.29 is 9.84 Å². The van der Waals surface area contributed by atoms with Crippen LogP contribution in [0.15, 0.2) is 121 Å². The van der Waals surface area contributed by atoms with Crippen LogP contribution in [-0.2, 0) is 6.54 Å². The topological polar surface area (TPSA) is 46.4 Å². The first-order chi connectivity index (χ1) is 18.7. The Labute approximate surface area is 222 Å². The molecule has 4 heteroatoms. The van der Waals surface area contributed by atoms with E-state index in [0.29, 0.717) is 13.1 Å². The summed E-state index contributed by atoms with van der Waals surface area (Å²) in [4.78, 5) is 0. The second-order valence-corrected chi connectivity index (χ2v) is 9.48. The van der Waals surface area contributed by atoms with Gasteiger partial charge in [-0.3, -0.25) is 0 Å². The van der Waals surface area contributed by atoms with Crippen LogP contribution < -0.4 is 10.1 Å². The molecule has 1 atom stereocenters. The molecule has 6 aromatic rings. The maximum Gasteiger partial charge on any atom is 0.141 e. The number of anilines is 1. The first kappa shape index (κ1) is 23.8. The third kappa shape index (κ3) is 4.40. The molecule has 5 aromatic carbocycles. The highest BCUT2D eigenvalue weighted by molar-refractivity contribution is 6.15. The van der Waals surface area contributed by atoms with Crippen LogP contribution in [0, 0.1) is 0 Å². The van der Waals surface area contributed by atoms with Crippen molar-refractivity contribution in [3.8, 4) is 28.1 Å². The van der Waals surface area contributed by atoms with Crippen LogP contribution in [0.1, 0.15) is 0 Å². The molecule has 1 heterocycles. The molecule has 38 heavy (non-hydrogen) atoms. The number of nitrogens with one attached hydrogen (secondary N) is 1. The van der Waals surface area contributed by atoms with E-state index in [-0.39, 0.29) is 0 Å². The summed E-state index contributed by atoms with van der Waals surface area (Å²) in [7, 11) is 1.66. The molecule has 0 fully saturated rings. The summed E-state index contributed by atoms with van der Waals surface area (Å²) in [5.41, 5.74) is 6.58. The average molecular weight is 499 g/mol. The summed E-state index contributed by atoms with van der Waals surface area (Å²) in [6, 6.07) is 41.7. The van der Waals surface area contributed by atoms with Gasteiger partial charge in [0.2, 0.25) is 0 Å². The number of benzene rings is 5. The van der Waals surface area contributed by atoms with Crippen molar-refractivity contribution >= 4 is 27.4 Å². The molecule has 2 N–H and O–H groups in total. The van der Waals surface area contributed by atoms with Gasteiger partial charge in [0.15, 0.2) is 0 Å². The fourth-order valence-electron chi connectivity index (χ4n) is 5.39. The fraction of sp³-hybridized carbons (Fsp3) is 0.118. The first-order valence-corrected chi connectivity index (χ1v) is 12.9. The van der Waals surface area contributed by atoms with Gasteiger partial charge < -0.3 is 19.7 Å². The summed E-state index contributed by atoms with van der Waals surface area (Å²) in [6.45, 7) is 0.823. The zero-order chi connectivity index (χ0) is 25.9. The van der Waals surface area contributed by atoms with Gasteiger partial charge in [-0.1, -0.05) is 109 Å². The van der Waals surface area contributed by atoms with E-state index < -0.39 is 6.10 Å². The van der Waals surface area contributed by atoms with Crippen molar-refractivity contribution in [2.45, 2.75) is 12.6 Å². The fourth-order valence-corrected chi connectivity index (χ4v) is 5.39. The molecule has 4 nitrogen and oxygen atoms in total. The van der Waals surface area contributed by atoms with Crippen LogP contribution in [0.5, 0.6) is 5.75 Å². The second kappa shape index (κ2) is 10.4. The minimum absolute atomic E-state index is 0.389. The van der Waals surface area contributed by atoms with E-state index >= 15 is 0 Å². The smallest absolute Gasteiger partial charge is 0.141 e. The number of aliphatic hydroxyl groups excluding tert-OH is 1. The maximum absolute atomic E-state index is 11.4. The van der Waals surface area contributed by atoms with E-state index in [1.54, 1.807) is 7.11 Å². The van der Waals surface area contributed by atoms with E-state index in [2.05, 4.69) is 94.8 Å². The predicted octanol–water partition coefficient (Wildman–Crippen LogP) is 7.61. The van der Waals surface area contributed by atoms with Crippen molar-refractivity contribution in [1.82, 2.24) is 4.57 Å². The molecule has 0 aliphatic rings. The number of aliphatic hydroxyl groups is 1.